The number of aromatic nitrogens is 2. The van der Waals surface area contributed by atoms with Crippen LogP contribution in [0.5, 0.6) is 11.5 Å². The van der Waals surface area contributed by atoms with Crippen LogP contribution in [0.15, 0.2) is 42.5 Å². The van der Waals surface area contributed by atoms with E-state index in [0.29, 0.717) is 39.5 Å². The van der Waals surface area contributed by atoms with Crippen molar-refractivity contribution in [3.8, 4) is 17.6 Å². The summed E-state index contributed by atoms with van der Waals surface area (Å²) in [5.74, 6) is 2.08. The van der Waals surface area contributed by atoms with Gasteiger partial charge in [0.1, 0.15) is 17.3 Å². The fraction of sp³-hybridized carbons (Fsp3) is 0.150. The van der Waals surface area contributed by atoms with E-state index in [0.717, 1.165) is 11.4 Å². The van der Waals surface area contributed by atoms with Crippen molar-refractivity contribution in [2.45, 2.75) is 6.92 Å². The van der Waals surface area contributed by atoms with Crippen LogP contribution in [0, 0.1) is 18.3 Å². The van der Waals surface area contributed by atoms with E-state index in [2.05, 4.69) is 26.7 Å². The highest BCUT2D eigenvalue weighted by Gasteiger charge is 2.12. The van der Waals surface area contributed by atoms with E-state index >= 15 is 0 Å². The largest absolute Gasteiger partial charge is 0.495 e. The van der Waals surface area contributed by atoms with Gasteiger partial charge in [-0.1, -0.05) is 11.6 Å². The molecule has 142 valence electrons. The molecular weight excluding hydrogens is 378 g/mol. The summed E-state index contributed by atoms with van der Waals surface area (Å²) < 4.78 is 10.7. The van der Waals surface area contributed by atoms with E-state index in [1.54, 1.807) is 50.6 Å². The lowest BCUT2D eigenvalue weighted by Gasteiger charge is -2.14. The second-order valence-electron chi connectivity index (χ2n) is 5.84. The Morgan fingerprint density at radius 2 is 1.68 bits per heavy atom. The summed E-state index contributed by atoms with van der Waals surface area (Å²) in [6.45, 7) is 1.87. The maximum Gasteiger partial charge on any atom is 0.229 e. The van der Waals surface area contributed by atoms with Gasteiger partial charge in [0.2, 0.25) is 5.95 Å². The summed E-state index contributed by atoms with van der Waals surface area (Å²) in [6, 6.07) is 14.4. The molecule has 0 amide bonds. The maximum atomic E-state index is 8.90. The van der Waals surface area contributed by atoms with Crippen LogP contribution >= 0.6 is 11.6 Å². The minimum Gasteiger partial charge on any atom is -0.495 e. The first-order valence-corrected chi connectivity index (χ1v) is 8.71. The fourth-order valence-corrected chi connectivity index (χ4v) is 2.77. The minimum absolute atomic E-state index is 0.423. The highest BCUT2D eigenvalue weighted by molar-refractivity contribution is 6.32. The number of rotatable bonds is 6. The summed E-state index contributed by atoms with van der Waals surface area (Å²) in [5, 5.41) is 15.7. The van der Waals surface area contributed by atoms with Crippen LogP contribution in [0.3, 0.4) is 0 Å². The zero-order chi connectivity index (χ0) is 20.1. The van der Waals surface area contributed by atoms with Crippen molar-refractivity contribution in [3.05, 3.63) is 58.7 Å². The van der Waals surface area contributed by atoms with Crippen molar-refractivity contribution in [2.75, 3.05) is 24.9 Å². The Morgan fingerprint density at radius 3 is 2.32 bits per heavy atom. The average Bonchev–Trinajstić information content (AvgIpc) is 2.69. The third-order valence-corrected chi connectivity index (χ3v) is 4.16. The summed E-state index contributed by atoms with van der Waals surface area (Å²) in [4.78, 5) is 8.89. The van der Waals surface area contributed by atoms with Crippen LogP contribution in [0.4, 0.5) is 23.1 Å². The van der Waals surface area contributed by atoms with Crippen molar-refractivity contribution < 1.29 is 9.47 Å². The number of benzene rings is 2. The molecule has 0 saturated heterocycles. The summed E-state index contributed by atoms with van der Waals surface area (Å²) in [5.41, 5.74) is 2.79. The number of aryl methyl sites for hydroxylation is 1. The minimum atomic E-state index is 0.423. The van der Waals surface area contributed by atoms with E-state index in [1.165, 1.54) is 0 Å². The highest BCUT2D eigenvalue weighted by atomic mass is 35.5. The maximum absolute atomic E-state index is 8.90. The second-order valence-corrected chi connectivity index (χ2v) is 6.25. The first-order valence-electron chi connectivity index (χ1n) is 8.34. The number of hydrogen-bond donors (Lipinski definition) is 2. The third kappa shape index (κ3) is 4.42. The molecule has 0 radical (unpaired) electrons. The second kappa shape index (κ2) is 8.46. The Balaban J connectivity index is 1.88. The zero-order valence-corrected chi connectivity index (χ0v) is 16.3. The molecule has 0 aliphatic heterocycles. The smallest absolute Gasteiger partial charge is 0.229 e. The summed E-state index contributed by atoms with van der Waals surface area (Å²) in [7, 11) is 3.11. The predicted octanol–water partition coefficient (Wildman–Crippen LogP) is 4.81. The molecule has 0 aliphatic rings. The Hall–Kier alpha value is -3.50. The van der Waals surface area contributed by atoms with Gasteiger partial charge in [0, 0.05) is 29.6 Å². The quantitative estimate of drug-likeness (QED) is 0.618. The van der Waals surface area contributed by atoms with Gasteiger partial charge < -0.3 is 20.1 Å². The Morgan fingerprint density at radius 1 is 0.964 bits per heavy atom. The molecule has 0 saturated carbocycles. The number of nitriles is 1. The molecule has 0 unspecified atom stereocenters. The standard InChI is InChI=1S/C20H18ClN5O2/c1-12-8-19(25-16-10-17(27-2)15(21)9-18(16)28-3)26-20(23-12)24-14-6-4-13(11-22)5-7-14/h4-10H,1-3H3,(H2,23,24,25,26). The lowest BCUT2D eigenvalue weighted by molar-refractivity contribution is 0.405. The number of ether oxygens (including phenoxy) is 2. The number of halogens is 1. The predicted molar refractivity (Wildman–Crippen MR) is 109 cm³/mol. The number of nitrogens with zero attached hydrogens (tertiary/aromatic N) is 3. The zero-order valence-electron chi connectivity index (χ0n) is 15.6. The normalized spacial score (nSPS) is 10.1. The molecule has 3 aromatic rings. The van der Waals surface area contributed by atoms with Crippen LogP contribution in [-0.2, 0) is 0 Å². The molecule has 0 atom stereocenters. The molecule has 2 N–H and O–H groups in total. The molecule has 3 rings (SSSR count). The molecule has 0 spiro atoms. The first-order chi connectivity index (χ1) is 13.5. The Kier molecular flexibility index (Phi) is 5.82. The van der Waals surface area contributed by atoms with E-state index < -0.39 is 0 Å². The summed E-state index contributed by atoms with van der Waals surface area (Å²) >= 11 is 6.16. The SMILES string of the molecule is COc1cc(Nc2cc(C)nc(Nc3ccc(C#N)cc3)n2)c(OC)cc1Cl. The van der Waals surface area contributed by atoms with Gasteiger partial charge in [0.25, 0.3) is 0 Å². The molecule has 8 heteroatoms. The van der Waals surface area contributed by atoms with E-state index in [4.69, 9.17) is 26.3 Å². The van der Waals surface area contributed by atoms with Crippen molar-refractivity contribution >= 4 is 34.7 Å². The van der Waals surface area contributed by atoms with Crippen molar-refractivity contribution in [1.29, 1.82) is 5.26 Å². The Bertz CT molecular complexity index is 1030. The first kappa shape index (κ1) is 19.3. The van der Waals surface area contributed by atoms with E-state index in [1.807, 2.05) is 13.0 Å². The molecular formula is C20H18ClN5O2. The van der Waals surface area contributed by atoms with Crippen molar-refractivity contribution in [2.24, 2.45) is 0 Å². The summed E-state index contributed by atoms with van der Waals surface area (Å²) in [6.07, 6.45) is 0. The number of nitrogens with one attached hydrogen (secondary N) is 2. The van der Waals surface area contributed by atoms with E-state index in [-0.39, 0.29) is 0 Å². The van der Waals surface area contributed by atoms with Gasteiger partial charge in [-0.05, 0) is 31.2 Å². The van der Waals surface area contributed by atoms with Gasteiger partial charge in [-0.3, -0.25) is 0 Å². The van der Waals surface area contributed by atoms with Gasteiger partial charge in [0.15, 0.2) is 0 Å². The number of hydrogen-bond acceptors (Lipinski definition) is 7. The fourth-order valence-electron chi connectivity index (χ4n) is 2.54. The third-order valence-electron chi connectivity index (χ3n) is 3.86. The molecule has 0 aliphatic carbocycles. The highest BCUT2D eigenvalue weighted by Crippen LogP contribution is 2.37. The van der Waals surface area contributed by atoms with Gasteiger partial charge in [0.05, 0.1) is 36.6 Å². The average molecular weight is 396 g/mol. The molecule has 1 aromatic heterocycles. The molecule has 2 aromatic carbocycles. The van der Waals surface area contributed by atoms with Crippen LogP contribution in [-0.4, -0.2) is 24.2 Å². The molecule has 28 heavy (non-hydrogen) atoms. The lowest BCUT2D eigenvalue weighted by atomic mass is 10.2. The molecule has 7 nitrogen and oxygen atoms in total. The number of anilines is 4. The van der Waals surface area contributed by atoms with Crippen molar-refractivity contribution in [3.63, 3.8) is 0 Å². The van der Waals surface area contributed by atoms with Crippen molar-refractivity contribution in [1.82, 2.24) is 9.97 Å². The van der Waals surface area contributed by atoms with E-state index in [9.17, 15) is 0 Å². The molecule has 1 heterocycles. The molecule has 0 bridgehead atoms. The van der Waals surface area contributed by atoms with Crippen LogP contribution in [0.1, 0.15) is 11.3 Å². The lowest BCUT2D eigenvalue weighted by Crippen LogP contribution is -2.03. The van der Waals surface area contributed by atoms with Crippen LogP contribution < -0.4 is 20.1 Å². The monoisotopic (exact) mass is 395 g/mol. The van der Waals surface area contributed by atoms with Gasteiger partial charge in [-0.2, -0.15) is 10.2 Å². The topological polar surface area (TPSA) is 92.1 Å². The number of methoxy groups -OCH3 is 2. The van der Waals surface area contributed by atoms with Crippen LogP contribution in [0.2, 0.25) is 5.02 Å². The molecule has 0 fully saturated rings. The van der Waals surface area contributed by atoms with Gasteiger partial charge in [-0.15, -0.1) is 0 Å². The van der Waals surface area contributed by atoms with Crippen LogP contribution in [0.25, 0.3) is 0 Å². The Labute approximate surface area is 167 Å². The van der Waals surface area contributed by atoms with Gasteiger partial charge in [-0.25, -0.2) is 4.98 Å². The van der Waals surface area contributed by atoms with Gasteiger partial charge >= 0.3 is 0 Å².